The molecule has 0 atom stereocenters. The SMILES string of the molecule is CN(C)n1c(SCC(=O)O)nc2cc(Cl)c(F)cc21. The van der Waals surface area contributed by atoms with Gasteiger partial charge in [0.15, 0.2) is 5.16 Å². The van der Waals surface area contributed by atoms with Gasteiger partial charge in [-0.05, 0) is 6.07 Å². The van der Waals surface area contributed by atoms with E-state index in [1.54, 1.807) is 23.8 Å². The van der Waals surface area contributed by atoms with Crippen molar-refractivity contribution in [2.45, 2.75) is 5.16 Å². The van der Waals surface area contributed by atoms with Gasteiger partial charge in [0, 0.05) is 20.2 Å². The number of hydrogen-bond donors (Lipinski definition) is 1. The van der Waals surface area contributed by atoms with Crippen LogP contribution in [0.15, 0.2) is 17.3 Å². The molecule has 19 heavy (non-hydrogen) atoms. The normalized spacial score (nSPS) is 10.9. The van der Waals surface area contributed by atoms with Crippen LogP contribution in [0.4, 0.5) is 4.39 Å². The van der Waals surface area contributed by atoms with Gasteiger partial charge >= 0.3 is 5.97 Å². The fourth-order valence-electron chi connectivity index (χ4n) is 1.64. The molecule has 1 aromatic carbocycles. The number of carboxylic acid groups (broad SMARTS) is 1. The molecule has 0 unspecified atom stereocenters. The Labute approximate surface area is 117 Å². The Morgan fingerprint density at radius 2 is 2.26 bits per heavy atom. The summed E-state index contributed by atoms with van der Waals surface area (Å²) in [6, 6.07) is 2.71. The Bertz CT molecular complexity index is 644. The number of nitrogens with zero attached hydrogens (tertiary/aromatic N) is 3. The van der Waals surface area contributed by atoms with Crippen LogP contribution < -0.4 is 5.01 Å². The molecule has 102 valence electrons. The number of thioether (sulfide) groups is 1. The average molecular weight is 304 g/mol. The van der Waals surface area contributed by atoms with Gasteiger partial charge in [-0.2, -0.15) is 0 Å². The van der Waals surface area contributed by atoms with Crippen molar-refractivity contribution in [1.29, 1.82) is 0 Å². The lowest BCUT2D eigenvalue weighted by Crippen LogP contribution is -2.25. The minimum atomic E-state index is -0.938. The van der Waals surface area contributed by atoms with Crippen LogP contribution in [0, 0.1) is 5.82 Å². The van der Waals surface area contributed by atoms with E-state index < -0.39 is 11.8 Å². The number of aliphatic carboxylic acids is 1. The van der Waals surface area contributed by atoms with E-state index in [2.05, 4.69) is 4.98 Å². The molecule has 2 aromatic rings. The summed E-state index contributed by atoms with van der Waals surface area (Å²) in [6.07, 6.45) is 0. The summed E-state index contributed by atoms with van der Waals surface area (Å²) in [5.74, 6) is -1.59. The van der Waals surface area contributed by atoms with E-state index in [1.807, 2.05) is 0 Å². The number of halogens is 2. The molecule has 0 amide bonds. The summed E-state index contributed by atoms with van der Waals surface area (Å²) >= 11 is 6.78. The molecule has 0 saturated carbocycles. The summed E-state index contributed by atoms with van der Waals surface area (Å²) < 4.78 is 15.2. The fraction of sp³-hybridized carbons (Fsp3) is 0.273. The Morgan fingerprint density at radius 1 is 1.58 bits per heavy atom. The predicted octanol–water partition coefficient (Wildman–Crippen LogP) is 2.20. The molecule has 1 aromatic heterocycles. The van der Waals surface area contributed by atoms with Gasteiger partial charge < -0.3 is 10.1 Å². The number of hydrogen-bond acceptors (Lipinski definition) is 4. The summed E-state index contributed by atoms with van der Waals surface area (Å²) in [5.41, 5.74) is 1.06. The highest BCUT2D eigenvalue weighted by atomic mass is 35.5. The predicted molar refractivity (Wildman–Crippen MR) is 73.1 cm³/mol. The Kier molecular flexibility index (Phi) is 3.86. The van der Waals surface area contributed by atoms with E-state index in [0.29, 0.717) is 16.2 Å². The number of aromatic nitrogens is 2. The van der Waals surface area contributed by atoms with Crippen LogP contribution in [0.2, 0.25) is 5.02 Å². The van der Waals surface area contributed by atoms with Crippen LogP contribution in [-0.2, 0) is 4.79 Å². The van der Waals surface area contributed by atoms with Crippen molar-refractivity contribution >= 4 is 40.4 Å². The molecule has 0 aliphatic carbocycles. The van der Waals surface area contributed by atoms with Crippen molar-refractivity contribution in [3.8, 4) is 0 Å². The van der Waals surface area contributed by atoms with E-state index in [0.717, 1.165) is 11.8 Å². The van der Waals surface area contributed by atoms with Crippen molar-refractivity contribution in [1.82, 2.24) is 9.66 Å². The first-order valence-corrected chi connectivity index (χ1v) is 6.66. The van der Waals surface area contributed by atoms with E-state index in [9.17, 15) is 9.18 Å². The zero-order valence-electron chi connectivity index (χ0n) is 10.2. The van der Waals surface area contributed by atoms with Gasteiger partial charge in [0.2, 0.25) is 0 Å². The first kappa shape index (κ1) is 14.0. The molecule has 1 heterocycles. The monoisotopic (exact) mass is 303 g/mol. The van der Waals surface area contributed by atoms with E-state index in [4.69, 9.17) is 16.7 Å². The number of carbonyl (C=O) groups is 1. The third kappa shape index (κ3) is 2.76. The molecule has 2 rings (SSSR count). The topological polar surface area (TPSA) is 58.4 Å². The van der Waals surface area contributed by atoms with Gasteiger partial charge in [-0.25, -0.2) is 14.1 Å². The average Bonchev–Trinajstić information content (AvgIpc) is 2.64. The zero-order valence-corrected chi connectivity index (χ0v) is 11.8. The van der Waals surface area contributed by atoms with Crippen LogP contribution in [0.3, 0.4) is 0 Å². The maximum atomic E-state index is 13.5. The van der Waals surface area contributed by atoms with Crippen molar-refractivity contribution in [3.05, 3.63) is 23.0 Å². The van der Waals surface area contributed by atoms with Crippen LogP contribution in [0.5, 0.6) is 0 Å². The number of rotatable bonds is 4. The van der Waals surface area contributed by atoms with E-state index >= 15 is 0 Å². The standard InChI is InChI=1S/C11H11ClFN3O2S/c1-15(2)16-9-4-7(13)6(12)3-8(9)14-11(16)19-5-10(17)18/h3-4H,5H2,1-2H3,(H,17,18). The lowest BCUT2D eigenvalue weighted by atomic mass is 10.3. The maximum absolute atomic E-state index is 13.5. The van der Waals surface area contributed by atoms with Gasteiger partial charge in [-0.3, -0.25) is 4.79 Å². The minimum Gasteiger partial charge on any atom is -0.481 e. The minimum absolute atomic E-state index is 0.00862. The molecular formula is C11H11ClFN3O2S. The highest BCUT2D eigenvalue weighted by molar-refractivity contribution is 7.99. The number of imidazole rings is 1. The molecule has 5 nitrogen and oxygen atoms in total. The van der Waals surface area contributed by atoms with Crippen molar-refractivity contribution in [2.24, 2.45) is 0 Å². The summed E-state index contributed by atoms with van der Waals surface area (Å²) in [7, 11) is 3.52. The van der Waals surface area contributed by atoms with Gasteiger partial charge in [0.1, 0.15) is 5.82 Å². The van der Waals surface area contributed by atoms with Crippen LogP contribution in [0.1, 0.15) is 0 Å². The van der Waals surface area contributed by atoms with Gasteiger partial charge in [-0.15, -0.1) is 0 Å². The molecule has 0 saturated heterocycles. The second-order valence-electron chi connectivity index (χ2n) is 3.99. The third-order valence-electron chi connectivity index (χ3n) is 2.37. The van der Waals surface area contributed by atoms with Crippen molar-refractivity contribution in [2.75, 3.05) is 24.9 Å². The molecule has 0 bridgehead atoms. The summed E-state index contributed by atoms with van der Waals surface area (Å²) in [5, 5.41) is 10.9. The van der Waals surface area contributed by atoms with Gasteiger partial charge in [0.05, 0.1) is 21.8 Å². The first-order valence-electron chi connectivity index (χ1n) is 5.30. The molecule has 0 aliphatic rings. The molecule has 0 radical (unpaired) electrons. The highest BCUT2D eigenvalue weighted by Gasteiger charge is 2.16. The Hall–Kier alpha value is -1.47. The molecular weight excluding hydrogens is 293 g/mol. The molecule has 0 aliphatic heterocycles. The zero-order chi connectivity index (χ0) is 14.2. The first-order chi connectivity index (χ1) is 8.90. The number of fused-ring (bicyclic) bond motifs is 1. The Balaban J connectivity index is 2.56. The summed E-state index contributed by atoms with van der Waals surface area (Å²) in [4.78, 5) is 14.9. The summed E-state index contributed by atoms with van der Waals surface area (Å²) in [6.45, 7) is 0. The fourth-order valence-corrected chi connectivity index (χ4v) is 2.60. The lowest BCUT2D eigenvalue weighted by molar-refractivity contribution is -0.133. The van der Waals surface area contributed by atoms with Crippen LogP contribution in [0.25, 0.3) is 11.0 Å². The van der Waals surface area contributed by atoms with Gasteiger partial charge in [-0.1, -0.05) is 23.4 Å². The smallest absolute Gasteiger partial charge is 0.313 e. The Morgan fingerprint density at radius 3 is 2.84 bits per heavy atom. The molecule has 0 spiro atoms. The second kappa shape index (κ2) is 5.26. The molecule has 1 N–H and O–H groups in total. The van der Waals surface area contributed by atoms with Crippen molar-refractivity contribution in [3.63, 3.8) is 0 Å². The van der Waals surface area contributed by atoms with Gasteiger partial charge in [0.25, 0.3) is 0 Å². The molecule has 0 fully saturated rings. The largest absolute Gasteiger partial charge is 0.481 e. The highest BCUT2D eigenvalue weighted by Crippen LogP contribution is 2.27. The number of benzene rings is 1. The quantitative estimate of drug-likeness (QED) is 0.878. The molecule has 8 heteroatoms. The lowest BCUT2D eigenvalue weighted by Gasteiger charge is -2.17. The third-order valence-corrected chi connectivity index (χ3v) is 3.57. The van der Waals surface area contributed by atoms with Crippen molar-refractivity contribution < 1.29 is 14.3 Å². The van der Waals surface area contributed by atoms with E-state index in [1.165, 1.54) is 12.1 Å². The van der Waals surface area contributed by atoms with Crippen LogP contribution >= 0.6 is 23.4 Å². The number of carboxylic acids is 1. The van der Waals surface area contributed by atoms with E-state index in [-0.39, 0.29) is 10.8 Å². The van der Waals surface area contributed by atoms with Crippen LogP contribution in [-0.4, -0.2) is 40.6 Å². The maximum Gasteiger partial charge on any atom is 0.313 e. The second-order valence-corrected chi connectivity index (χ2v) is 5.34.